The summed E-state index contributed by atoms with van der Waals surface area (Å²) in [6.45, 7) is 3.59. The van der Waals surface area contributed by atoms with Gasteiger partial charge in [0.1, 0.15) is 34.6 Å². The number of hydrogen-bond acceptors (Lipinski definition) is 3. The van der Waals surface area contributed by atoms with Gasteiger partial charge in [0, 0.05) is 17.2 Å². The first-order chi connectivity index (χ1) is 20.2. The average molecular weight is 615 g/mol. The average Bonchev–Trinajstić information content (AvgIpc) is 2.95. The predicted octanol–water partition coefficient (Wildman–Crippen LogP) is 8.40. The lowest BCUT2D eigenvalue weighted by Gasteiger charge is -2.23. The molecule has 0 aromatic heterocycles. The first-order valence-corrected chi connectivity index (χ1v) is 12.8. The van der Waals surface area contributed by atoms with E-state index in [-0.39, 0.29) is 40.3 Å². The molecule has 4 aromatic carbocycles. The highest BCUT2D eigenvalue weighted by Gasteiger charge is 2.41. The summed E-state index contributed by atoms with van der Waals surface area (Å²) in [5.41, 5.74) is 7.55. The molecule has 0 saturated carbocycles. The van der Waals surface area contributed by atoms with Gasteiger partial charge in [0.2, 0.25) is 0 Å². The minimum atomic E-state index is -4.53. The second-order valence-electron chi connectivity index (χ2n) is 9.57. The van der Waals surface area contributed by atoms with Gasteiger partial charge in [-0.2, -0.15) is 8.78 Å². The molecule has 0 heterocycles. The Labute approximate surface area is 241 Å². The fourth-order valence-electron chi connectivity index (χ4n) is 4.29. The van der Waals surface area contributed by atoms with Gasteiger partial charge in [-0.1, -0.05) is 26.0 Å². The monoisotopic (exact) mass is 614 g/mol. The van der Waals surface area contributed by atoms with Crippen LogP contribution in [0.25, 0.3) is 22.3 Å². The maximum atomic E-state index is 14.9. The van der Waals surface area contributed by atoms with Crippen LogP contribution in [-0.4, -0.2) is 13.6 Å². The van der Waals surface area contributed by atoms with Crippen LogP contribution in [0.15, 0.2) is 60.7 Å². The molecule has 4 rings (SSSR count). The van der Waals surface area contributed by atoms with Crippen molar-refractivity contribution in [3.05, 3.63) is 113 Å². The topological polar surface area (TPSA) is 61.3 Å². The van der Waals surface area contributed by atoms with Crippen LogP contribution in [-0.2, 0) is 6.11 Å². The Balaban J connectivity index is 0.00000248. The zero-order valence-electron chi connectivity index (χ0n) is 23.1. The highest BCUT2D eigenvalue weighted by Crippen LogP contribution is 2.38. The fraction of sp³-hybridized carbons (Fsp3) is 0.226. The number of rotatable bonds is 8. The van der Waals surface area contributed by atoms with Crippen molar-refractivity contribution in [2.75, 3.05) is 13.6 Å². The Morgan fingerprint density at radius 2 is 1.14 bits per heavy atom. The van der Waals surface area contributed by atoms with Crippen LogP contribution >= 0.6 is 0 Å². The molecule has 2 atom stereocenters. The van der Waals surface area contributed by atoms with Gasteiger partial charge in [0.25, 0.3) is 0 Å². The van der Waals surface area contributed by atoms with Gasteiger partial charge in [-0.15, -0.1) is 0 Å². The number of nitrogens with two attached hydrogens (primary N) is 2. The first-order valence-electron chi connectivity index (χ1n) is 12.8. The Morgan fingerprint density at radius 1 is 0.651 bits per heavy atom. The summed E-state index contributed by atoms with van der Waals surface area (Å²) in [4.78, 5) is 0. The Hall–Kier alpha value is -4.03. The largest absolute Gasteiger partial charge is 0.432 e. The second kappa shape index (κ2) is 13.5. The van der Waals surface area contributed by atoms with E-state index in [1.54, 1.807) is 13.8 Å². The summed E-state index contributed by atoms with van der Waals surface area (Å²) >= 11 is 0. The SMILES string of the molecule is CC(CN)C(C)c1cc(F)c(C(F)(F)Oc2ccc(-c3ccc(-c4cc(F)c(F)c(F)c4)c(F)c3)c(F)c2)c(F)c1.CN. The van der Waals surface area contributed by atoms with Gasteiger partial charge in [-0.3, -0.25) is 0 Å². The van der Waals surface area contributed by atoms with Crippen LogP contribution in [0, 0.1) is 46.6 Å². The minimum absolute atomic E-state index is 0.0846. The first kappa shape index (κ1) is 33.5. The lowest BCUT2D eigenvalue weighted by atomic mass is 9.88. The van der Waals surface area contributed by atoms with Gasteiger partial charge in [-0.05, 0) is 84.6 Å². The molecule has 230 valence electrons. The second-order valence-corrected chi connectivity index (χ2v) is 9.57. The number of benzene rings is 4. The van der Waals surface area contributed by atoms with E-state index < -0.39 is 64.1 Å². The van der Waals surface area contributed by atoms with E-state index in [4.69, 9.17) is 5.73 Å². The van der Waals surface area contributed by atoms with E-state index in [1.807, 2.05) is 0 Å². The number of halogens is 9. The molecule has 0 aliphatic rings. The van der Waals surface area contributed by atoms with Crippen molar-refractivity contribution in [1.29, 1.82) is 0 Å². The van der Waals surface area contributed by atoms with Crippen molar-refractivity contribution < 1.29 is 44.3 Å². The molecule has 43 heavy (non-hydrogen) atoms. The fourth-order valence-corrected chi connectivity index (χ4v) is 4.29. The van der Waals surface area contributed by atoms with Crippen molar-refractivity contribution in [2.45, 2.75) is 25.9 Å². The van der Waals surface area contributed by atoms with E-state index in [2.05, 4.69) is 10.5 Å². The van der Waals surface area contributed by atoms with Crippen molar-refractivity contribution >= 4 is 0 Å². The van der Waals surface area contributed by atoms with Crippen LogP contribution in [0.4, 0.5) is 39.5 Å². The Kier molecular flexibility index (Phi) is 10.5. The zero-order valence-corrected chi connectivity index (χ0v) is 23.1. The molecule has 0 aliphatic heterocycles. The molecule has 0 saturated heterocycles. The minimum Gasteiger partial charge on any atom is -0.429 e. The summed E-state index contributed by atoms with van der Waals surface area (Å²) < 4.78 is 133. The maximum Gasteiger partial charge on any atom is 0.432 e. The normalized spacial score (nSPS) is 12.8. The molecule has 4 aromatic rings. The molecule has 0 bridgehead atoms. The van der Waals surface area contributed by atoms with Gasteiger partial charge in [-0.25, -0.2) is 30.7 Å². The predicted molar refractivity (Wildman–Crippen MR) is 145 cm³/mol. The third-order valence-electron chi connectivity index (χ3n) is 6.87. The highest BCUT2D eigenvalue weighted by atomic mass is 19.3. The van der Waals surface area contributed by atoms with Gasteiger partial charge >= 0.3 is 6.11 Å². The molecule has 0 amide bonds. The summed E-state index contributed by atoms with van der Waals surface area (Å²) in [7, 11) is 1.50. The quantitative estimate of drug-likeness (QED) is 0.155. The van der Waals surface area contributed by atoms with Crippen LogP contribution in [0.2, 0.25) is 0 Å². The van der Waals surface area contributed by atoms with Crippen LogP contribution in [0.5, 0.6) is 5.75 Å². The molecule has 2 unspecified atom stereocenters. The lowest BCUT2D eigenvalue weighted by Crippen LogP contribution is -2.26. The van der Waals surface area contributed by atoms with Crippen molar-refractivity contribution in [1.82, 2.24) is 0 Å². The van der Waals surface area contributed by atoms with E-state index in [9.17, 15) is 39.5 Å². The molecular formula is C31H27F9N2O. The molecule has 12 heteroatoms. The Morgan fingerprint density at radius 3 is 1.65 bits per heavy atom. The van der Waals surface area contributed by atoms with Gasteiger partial charge < -0.3 is 16.2 Å². The molecule has 0 spiro atoms. The molecule has 0 fully saturated rings. The van der Waals surface area contributed by atoms with Crippen molar-refractivity contribution in [3.8, 4) is 28.0 Å². The lowest BCUT2D eigenvalue weighted by molar-refractivity contribution is -0.189. The van der Waals surface area contributed by atoms with E-state index >= 15 is 0 Å². The Bertz CT molecular complexity index is 1560. The third-order valence-corrected chi connectivity index (χ3v) is 6.87. The van der Waals surface area contributed by atoms with Gasteiger partial charge in [0.05, 0.1) is 0 Å². The molecule has 0 radical (unpaired) electrons. The number of alkyl halides is 2. The van der Waals surface area contributed by atoms with E-state index in [0.29, 0.717) is 18.2 Å². The molecule has 4 N–H and O–H groups in total. The van der Waals surface area contributed by atoms with Gasteiger partial charge in [0.15, 0.2) is 17.5 Å². The van der Waals surface area contributed by atoms with Crippen LogP contribution < -0.4 is 16.2 Å². The van der Waals surface area contributed by atoms with Crippen molar-refractivity contribution in [2.24, 2.45) is 17.4 Å². The standard InChI is InChI=1S/C30H22F9NO.CH5N/c1-14(13-40)15(2)17-8-24(33)28(25(34)9-17)30(38,39)41-19-4-6-20(23(32)12-19)16-3-5-21(22(31)7-16)18-10-26(35)29(37)27(36)11-18;1-2/h3-12,14-15H,13,40H2,1-2H3;2H2,1H3. The van der Waals surface area contributed by atoms with Crippen LogP contribution in [0.3, 0.4) is 0 Å². The summed E-state index contributed by atoms with van der Waals surface area (Å²) in [6.07, 6.45) is -4.53. The smallest absolute Gasteiger partial charge is 0.429 e. The van der Waals surface area contributed by atoms with E-state index in [0.717, 1.165) is 36.4 Å². The molecule has 3 nitrogen and oxygen atoms in total. The highest BCUT2D eigenvalue weighted by molar-refractivity contribution is 5.72. The maximum absolute atomic E-state index is 14.9. The summed E-state index contributed by atoms with van der Waals surface area (Å²) in [5.74, 6) is -11.5. The molecular weight excluding hydrogens is 587 g/mol. The van der Waals surface area contributed by atoms with Crippen molar-refractivity contribution in [3.63, 3.8) is 0 Å². The molecule has 0 aliphatic carbocycles. The van der Waals surface area contributed by atoms with Crippen LogP contribution in [0.1, 0.15) is 30.9 Å². The summed E-state index contributed by atoms with van der Waals surface area (Å²) in [6, 6.07) is 8.16. The number of hydrogen-bond donors (Lipinski definition) is 2. The third kappa shape index (κ3) is 7.14. The number of ether oxygens (including phenoxy) is 1. The van der Waals surface area contributed by atoms with E-state index in [1.165, 1.54) is 13.1 Å². The summed E-state index contributed by atoms with van der Waals surface area (Å²) in [5, 5.41) is 0. The zero-order chi connectivity index (χ0) is 32.2.